The number of hydrogen-bond acceptors (Lipinski definition) is 1. The van der Waals surface area contributed by atoms with E-state index in [0.29, 0.717) is 0 Å². The molecule has 1 aliphatic carbocycles. The zero-order valence-electron chi connectivity index (χ0n) is 3.36. The van der Waals surface area contributed by atoms with Crippen molar-refractivity contribution >= 4 is 0 Å². The summed E-state index contributed by atoms with van der Waals surface area (Å²) < 4.78 is 0. The molecule has 0 radical (unpaired) electrons. The highest BCUT2D eigenvalue weighted by molar-refractivity contribution is 5.50. The molecule has 1 nitrogen and oxygen atoms in total. The standard InChI is InChI=1S/C5H5N/c1-2-5-4(1)3-6-5/h1-2,6H,3H2. The van der Waals surface area contributed by atoms with Crippen LogP contribution in [0.15, 0.2) is 23.4 Å². The SMILES string of the molecule is C1=CC2=C1CN2. The average Bonchev–Trinajstić information content (AvgIpc) is 1.54. The maximum absolute atomic E-state index is 3.14. The largest absolute Gasteiger partial charge is 0.381 e. The molecule has 0 saturated carbocycles. The Hall–Kier alpha value is -0.720. The van der Waals surface area contributed by atoms with Crippen LogP contribution in [0.25, 0.3) is 0 Å². The van der Waals surface area contributed by atoms with Crippen molar-refractivity contribution in [1.29, 1.82) is 0 Å². The summed E-state index contributed by atoms with van der Waals surface area (Å²) in [5.74, 6) is 0. The van der Waals surface area contributed by atoms with Crippen molar-refractivity contribution in [2.45, 2.75) is 0 Å². The summed E-state index contributed by atoms with van der Waals surface area (Å²) in [6, 6.07) is 0. The van der Waals surface area contributed by atoms with Crippen molar-refractivity contribution in [2.24, 2.45) is 0 Å². The van der Waals surface area contributed by atoms with E-state index in [-0.39, 0.29) is 0 Å². The Morgan fingerprint density at radius 2 is 2.33 bits per heavy atom. The normalized spacial score (nSPS) is 24.0. The van der Waals surface area contributed by atoms with E-state index < -0.39 is 0 Å². The van der Waals surface area contributed by atoms with E-state index in [1.165, 1.54) is 11.3 Å². The van der Waals surface area contributed by atoms with Gasteiger partial charge in [-0.25, -0.2) is 0 Å². The Labute approximate surface area is 36.4 Å². The molecule has 0 amide bonds. The Morgan fingerprint density at radius 3 is 2.33 bits per heavy atom. The minimum Gasteiger partial charge on any atom is -0.381 e. The van der Waals surface area contributed by atoms with Crippen LogP contribution in [-0.4, -0.2) is 6.54 Å². The average molecular weight is 79.1 g/mol. The van der Waals surface area contributed by atoms with Crippen molar-refractivity contribution in [3.8, 4) is 0 Å². The molecule has 0 atom stereocenters. The number of rotatable bonds is 0. The fourth-order valence-corrected chi connectivity index (χ4v) is 0.695. The Morgan fingerprint density at radius 1 is 1.50 bits per heavy atom. The van der Waals surface area contributed by atoms with Gasteiger partial charge >= 0.3 is 0 Å². The van der Waals surface area contributed by atoms with Crippen LogP contribution < -0.4 is 5.32 Å². The third-order valence-electron chi connectivity index (χ3n) is 1.27. The third-order valence-corrected chi connectivity index (χ3v) is 1.27. The molecule has 0 aromatic rings. The van der Waals surface area contributed by atoms with Gasteiger partial charge in [0.1, 0.15) is 0 Å². The van der Waals surface area contributed by atoms with Gasteiger partial charge in [-0.1, -0.05) is 6.08 Å². The van der Waals surface area contributed by atoms with Gasteiger partial charge in [-0.2, -0.15) is 0 Å². The van der Waals surface area contributed by atoms with E-state index in [9.17, 15) is 0 Å². The van der Waals surface area contributed by atoms with Crippen LogP contribution in [0.3, 0.4) is 0 Å². The summed E-state index contributed by atoms with van der Waals surface area (Å²) in [7, 11) is 0. The Bertz CT molecular complexity index is 126. The molecule has 30 valence electrons. The van der Waals surface area contributed by atoms with Gasteiger partial charge in [0.05, 0.1) is 0 Å². The minimum absolute atomic E-state index is 1.10. The molecular weight excluding hydrogens is 74.1 g/mol. The molecule has 2 rings (SSSR count). The van der Waals surface area contributed by atoms with E-state index in [1.54, 1.807) is 0 Å². The van der Waals surface area contributed by atoms with Gasteiger partial charge in [-0.3, -0.25) is 0 Å². The summed E-state index contributed by atoms with van der Waals surface area (Å²) in [5.41, 5.74) is 2.85. The quantitative estimate of drug-likeness (QED) is 0.443. The molecular formula is C5H5N. The van der Waals surface area contributed by atoms with E-state index in [1.807, 2.05) is 0 Å². The summed E-state index contributed by atoms with van der Waals surface area (Å²) in [6.45, 7) is 1.10. The maximum atomic E-state index is 3.14. The van der Waals surface area contributed by atoms with Gasteiger partial charge in [0.15, 0.2) is 0 Å². The Kier molecular flexibility index (Phi) is 0.219. The summed E-state index contributed by atoms with van der Waals surface area (Å²) in [5, 5.41) is 3.14. The first kappa shape index (κ1) is 2.45. The predicted molar refractivity (Wildman–Crippen MR) is 24.2 cm³/mol. The first-order valence-corrected chi connectivity index (χ1v) is 2.12. The smallest absolute Gasteiger partial charge is 0.0421 e. The summed E-state index contributed by atoms with van der Waals surface area (Å²) >= 11 is 0. The topological polar surface area (TPSA) is 12.0 Å². The lowest BCUT2D eigenvalue weighted by Crippen LogP contribution is -2.32. The molecule has 0 spiro atoms. The van der Waals surface area contributed by atoms with Crippen molar-refractivity contribution in [2.75, 3.05) is 6.54 Å². The monoisotopic (exact) mass is 79.0 g/mol. The van der Waals surface area contributed by atoms with E-state index in [4.69, 9.17) is 0 Å². The lowest BCUT2D eigenvalue weighted by atomic mass is 9.98. The number of hydrogen-bond donors (Lipinski definition) is 1. The van der Waals surface area contributed by atoms with Gasteiger partial charge in [0.2, 0.25) is 0 Å². The molecule has 2 aliphatic rings. The van der Waals surface area contributed by atoms with E-state index in [0.717, 1.165) is 6.54 Å². The molecule has 0 fully saturated rings. The highest BCUT2D eigenvalue weighted by Gasteiger charge is 2.16. The first-order chi connectivity index (χ1) is 2.97. The molecule has 0 unspecified atom stereocenters. The van der Waals surface area contributed by atoms with Gasteiger partial charge in [0.25, 0.3) is 0 Å². The van der Waals surface area contributed by atoms with Crippen LogP contribution in [0.1, 0.15) is 0 Å². The van der Waals surface area contributed by atoms with Crippen molar-refractivity contribution < 1.29 is 0 Å². The van der Waals surface area contributed by atoms with Crippen molar-refractivity contribution in [3.05, 3.63) is 23.4 Å². The maximum Gasteiger partial charge on any atom is 0.0421 e. The van der Waals surface area contributed by atoms with Crippen LogP contribution >= 0.6 is 0 Å². The molecule has 0 saturated heterocycles. The van der Waals surface area contributed by atoms with E-state index >= 15 is 0 Å². The van der Waals surface area contributed by atoms with Gasteiger partial charge in [-0.05, 0) is 11.6 Å². The third kappa shape index (κ3) is 0.0967. The van der Waals surface area contributed by atoms with Crippen molar-refractivity contribution in [1.82, 2.24) is 5.32 Å². The summed E-state index contributed by atoms with van der Waals surface area (Å²) in [4.78, 5) is 0. The highest BCUT2D eigenvalue weighted by Crippen LogP contribution is 2.21. The zero-order chi connectivity index (χ0) is 3.98. The minimum atomic E-state index is 1.10. The molecule has 1 heterocycles. The fraction of sp³-hybridized carbons (Fsp3) is 0.200. The molecule has 1 heteroatoms. The molecule has 1 N–H and O–H groups in total. The summed E-state index contributed by atoms with van der Waals surface area (Å²) in [6.07, 6.45) is 4.24. The first-order valence-electron chi connectivity index (χ1n) is 2.12. The molecule has 0 aromatic heterocycles. The molecule has 0 aromatic carbocycles. The van der Waals surface area contributed by atoms with Gasteiger partial charge < -0.3 is 5.32 Å². The second-order valence-electron chi connectivity index (χ2n) is 1.63. The highest BCUT2D eigenvalue weighted by atomic mass is 14.9. The fourth-order valence-electron chi connectivity index (χ4n) is 0.695. The van der Waals surface area contributed by atoms with Gasteiger partial charge in [-0.15, -0.1) is 0 Å². The van der Waals surface area contributed by atoms with Crippen LogP contribution in [-0.2, 0) is 0 Å². The lowest BCUT2D eigenvalue weighted by molar-refractivity contribution is 0.778. The Balaban J connectivity index is 2.46. The van der Waals surface area contributed by atoms with Crippen LogP contribution in [0, 0.1) is 0 Å². The van der Waals surface area contributed by atoms with E-state index in [2.05, 4.69) is 17.5 Å². The van der Waals surface area contributed by atoms with Crippen LogP contribution in [0.2, 0.25) is 0 Å². The number of allylic oxidation sites excluding steroid dienone is 1. The lowest BCUT2D eigenvalue weighted by Gasteiger charge is -2.27. The molecule has 6 heavy (non-hydrogen) atoms. The predicted octanol–water partition coefficient (Wildman–Crippen LogP) is 0.413. The van der Waals surface area contributed by atoms with Crippen molar-refractivity contribution in [3.63, 3.8) is 0 Å². The van der Waals surface area contributed by atoms with Crippen LogP contribution in [0.5, 0.6) is 0 Å². The number of nitrogens with one attached hydrogen (secondary N) is 1. The zero-order valence-corrected chi connectivity index (χ0v) is 3.36. The van der Waals surface area contributed by atoms with Gasteiger partial charge in [0, 0.05) is 12.2 Å². The molecule has 1 aliphatic heterocycles. The molecule has 0 bridgehead atoms. The second-order valence-corrected chi connectivity index (χ2v) is 1.63. The van der Waals surface area contributed by atoms with Crippen LogP contribution in [0.4, 0.5) is 0 Å². The second kappa shape index (κ2) is 0.535.